The van der Waals surface area contributed by atoms with Gasteiger partial charge in [-0.25, -0.2) is 0 Å². The SMILES string of the molecule is CN[C@H](Cc1ccccc1)C(=O)N[C@@H]1C(=O)N2[C@@H](CC[C@@H]1CO)CC[C@H]2C(=O)CC(c1ccccc1)c1ccccc1. The third kappa shape index (κ3) is 6.63. The zero-order chi connectivity index (χ0) is 29.5. The van der Waals surface area contributed by atoms with E-state index in [0.29, 0.717) is 25.7 Å². The van der Waals surface area contributed by atoms with Crippen LogP contribution in [-0.4, -0.2) is 65.4 Å². The molecule has 5 atom stereocenters. The second kappa shape index (κ2) is 13.9. The van der Waals surface area contributed by atoms with Crippen LogP contribution in [-0.2, 0) is 20.8 Å². The van der Waals surface area contributed by atoms with Gasteiger partial charge in [-0.15, -0.1) is 0 Å². The molecule has 0 spiro atoms. The maximum Gasteiger partial charge on any atom is 0.246 e. The fourth-order valence-corrected chi connectivity index (χ4v) is 6.69. The lowest BCUT2D eigenvalue weighted by Crippen LogP contribution is -2.58. The molecule has 0 radical (unpaired) electrons. The van der Waals surface area contributed by atoms with E-state index in [1.165, 1.54) is 0 Å². The van der Waals surface area contributed by atoms with E-state index in [1.807, 2.05) is 91.0 Å². The average molecular weight is 568 g/mol. The molecule has 0 saturated carbocycles. The van der Waals surface area contributed by atoms with Crippen molar-refractivity contribution in [1.29, 1.82) is 0 Å². The van der Waals surface area contributed by atoms with Crippen LogP contribution in [0.15, 0.2) is 91.0 Å². The number of amides is 2. The fraction of sp³-hybridized carbons (Fsp3) is 0.400. The maximum atomic E-state index is 14.2. The van der Waals surface area contributed by atoms with Crippen LogP contribution in [0.3, 0.4) is 0 Å². The molecule has 7 nitrogen and oxygen atoms in total. The molecule has 3 aromatic rings. The number of carbonyl (C=O) groups excluding carboxylic acids is 3. The molecule has 0 aliphatic carbocycles. The number of hydrogen-bond acceptors (Lipinski definition) is 5. The van der Waals surface area contributed by atoms with Gasteiger partial charge in [-0.3, -0.25) is 14.4 Å². The zero-order valence-electron chi connectivity index (χ0n) is 24.2. The summed E-state index contributed by atoms with van der Waals surface area (Å²) in [7, 11) is 1.73. The van der Waals surface area contributed by atoms with E-state index in [9.17, 15) is 19.5 Å². The van der Waals surface area contributed by atoms with Gasteiger partial charge >= 0.3 is 0 Å². The summed E-state index contributed by atoms with van der Waals surface area (Å²) in [5, 5.41) is 16.3. The van der Waals surface area contributed by atoms with Gasteiger partial charge in [0.05, 0.1) is 12.1 Å². The van der Waals surface area contributed by atoms with Crippen molar-refractivity contribution < 1.29 is 19.5 Å². The number of benzene rings is 3. The minimum Gasteiger partial charge on any atom is -0.396 e. The predicted molar refractivity (Wildman–Crippen MR) is 163 cm³/mol. The number of nitrogens with zero attached hydrogens (tertiary/aromatic N) is 1. The van der Waals surface area contributed by atoms with Crippen LogP contribution in [0, 0.1) is 5.92 Å². The molecular formula is C35H41N3O4. The smallest absolute Gasteiger partial charge is 0.246 e. The van der Waals surface area contributed by atoms with Gasteiger partial charge < -0.3 is 20.6 Å². The lowest BCUT2D eigenvalue weighted by atomic mass is 9.85. The number of Topliss-reactive ketones (excluding diaryl/α,β-unsaturated/α-hetero) is 1. The largest absolute Gasteiger partial charge is 0.396 e. The third-order valence-corrected chi connectivity index (χ3v) is 9.03. The quantitative estimate of drug-likeness (QED) is 0.327. The van der Waals surface area contributed by atoms with E-state index < -0.39 is 24.0 Å². The Morgan fingerprint density at radius 2 is 1.43 bits per heavy atom. The molecule has 2 saturated heterocycles. The van der Waals surface area contributed by atoms with Crippen molar-refractivity contribution in [2.45, 2.75) is 68.6 Å². The highest BCUT2D eigenvalue weighted by atomic mass is 16.3. The topological polar surface area (TPSA) is 98.7 Å². The highest BCUT2D eigenvalue weighted by Crippen LogP contribution is 2.37. The Bertz CT molecular complexity index is 1290. The summed E-state index contributed by atoms with van der Waals surface area (Å²) in [6.45, 7) is -0.206. The van der Waals surface area contributed by atoms with E-state index in [2.05, 4.69) is 10.6 Å². The van der Waals surface area contributed by atoms with E-state index in [-0.39, 0.29) is 42.6 Å². The highest BCUT2D eigenvalue weighted by Gasteiger charge is 2.47. The molecule has 2 fully saturated rings. The first kappa shape index (κ1) is 29.7. The number of likely N-dealkylation sites (N-methyl/N-ethyl adjacent to an activating group) is 1. The summed E-state index contributed by atoms with van der Waals surface area (Å²) in [6.07, 6.45) is 3.43. The molecule has 0 unspecified atom stereocenters. The highest BCUT2D eigenvalue weighted by molar-refractivity contribution is 5.95. The van der Waals surface area contributed by atoms with Crippen LogP contribution >= 0.6 is 0 Å². The van der Waals surface area contributed by atoms with Crippen molar-refractivity contribution in [2.24, 2.45) is 5.92 Å². The number of rotatable bonds is 11. The minimum atomic E-state index is -0.883. The Morgan fingerprint density at radius 3 is 2.00 bits per heavy atom. The van der Waals surface area contributed by atoms with Crippen molar-refractivity contribution in [3.8, 4) is 0 Å². The number of aliphatic hydroxyl groups excluding tert-OH is 1. The summed E-state index contributed by atoms with van der Waals surface area (Å²) >= 11 is 0. The second-order valence-corrected chi connectivity index (χ2v) is 11.6. The Balaban J connectivity index is 1.35. The van der Waals surface area contributed by atoms with Crippen molar-refractivity contribution in [3.05, 3.63) is 108 Å². The first-order chi connectivity index (χ1) is 20.5. The number of nitrogens with one attached hydrogen (secondary N) is 2. The number of carbonyl (C=O) groups is 3. The van der Waals surface area contributed by atoms with Crippen molar-refractivity contribution in [3.63, 3.8) is 0 Å². The third-order valence-electron chi connectivity index (χ3n) is 9.03. The van der Waals surface area contributed by atoms with Crippen LogP contribution in [0.25, 0.3) is 0 Å². The molecule has 3 aromatic carbocycles. The lowest BCUT2D eigenvalue weighted by Gasteiger charge is -2.33. The Hall–Kier alpha value is -3.81. The average Bonchev–Trinajstić information content (AvgIpc) is 3.42. The van der Waals surface area contributed by atoms with Gasteiger partial charge in [0.15, 0.2) is 5.78 Å². The molecule has 0 bridgehead atoms. The summed E-state index contributed by atoms with van der Waals surface area (Å²) in [6, 6.07) is 27.8. The standard InChI is InChI=1S/C35H41N3O4/c1-36-30(21-24-11-5-2-6-12-24)34(41)37-33-27(23-39)17-18-28-19-20-31(38(28)35(33)42)32(40)22-29(25-13-7-3-8-14-25)26-15-9-4-10-16-26/h2-16,27-31,33,36,39H,17-23H2,1H3,(H,37,41)/t27-,28+,30-,31+,33+/m1/s1. The van der Waals surface area contributed by atoms with E-state index >= 15 is 0 Å². The van der Waals surface area contributed by atoms with Crippen LogP contribution in [0.5, 0.6) is 0 Å². The van der Waals surface area contributed by atoms with E-state index in [1.54, 1.807) is 11.9 Å². The van der Waals surface area contributed by atoms with Crippen LogP contribution < -0.4 is 10.6 Å². The van der Waals surface area contributed by atoms with Gasteiger partial charge in [-0.05, 0) is 55.8 Å². The van der Waals surface area contributed by atoms with E-state index in [0.717, 1.165) is 23.1 Å². The first-order valence-electron chi connectivity index (χ1n) is 15.1. The summed E-state index contributed by atoms with van der Waals surface area (Å²) in [5.74, 6) is -1.03. The van der Waals surface area contributed by atoms with Crippen LogP contribution in [0.2, 0.25) is 0 Å². The summed E-state index contributed by atoms with van der Waals surface area (Å²) in [4.78, 5) is 43.4. The molecule has 2 amide bonds. The Labute approximate surface area is 248 Å². The number of hydrogen-bond donors (Lipinski definition) is 3. The van der Waals surface area contributed by atoms with Gasteiger partial charge in [0.1, 0.15) is 6.04 Å². The van der Waals surface area contributed by atoms with Crippen LogP contribution in [0.4, 0.5) is 0 Å². The molecule has 5 rings (SSSR count). The number of aliphatic hydroxyl groups is 1. The zero-order valence-corrected chi connectivity index (χ0v) is 24.2. The van der Waals surface area contributed by atoms with Crippen molar-refractivity contribution in [1.82, 2.24) is 15.5 Å². The van der Waals surface area contributed by atoms with Gasteiger partial charge in [-0.1, -0.05) is 91.0 Å². The normalized spacial score (nSPS) is 22.8. The molecule has 0 aromatic heterocycles. The summed E-state index contributed by atoms with van der Waals surface area (Å²) < 4.78 is 0. The Kier molecular flexibility index (Phi) is 9.82. The van der Waals surface area contributed by atoms with Gasteiger partial charge in [0, 0.05) is 30.9 Å². The lowest BCUT2D eigenvalue weighted by molar-refractivity contribution is -0.143. The minimum absolute atomic E-state index is 0.0354. The van der Waals surface area contributed by atoms with E-state index in [4.69, 9.17) is 0 Å². The maximum absolute atomic E-state index is 14.2. The number of fused-ring (bicyclic) bond motifs is 1. The van der Waals surface area contributed by atoms with Crippen molar-refractivity contribution >= 4 is 17.6 Å². The first-order valence-corrected chi connectivity index (χ1v) is 15.1. The summed E-state index contributed by atoms with van der Waals surface area (Å²) in [5.41, 5.74) is 3.14. The molecule has 2 aliphatic heterocycles. The molecule has 3 N–H and O–H groups in total. The molecule has 2 heterocycles. The fourth-order valence-electron chi connectivity index (χ4n) is 6.69. The second-order valence-electron chi connectivity index (χ2n) is 11.6. The molecule has 7 heteroatoms. The van der Waals surface area contributed by atoms with Gasteiger partial charge in [0.25, 0.3) is 0 Å². The van der Waals surface area contributed by atoms with Crippen molar-refractivity contribution in [2.75, 3.05) is 13.7 Å². The van der Waals surface area contributed by atoms with Crippen LogP contribution in [0.1, 0.15) is 54.7 Å². The molecule has 220 valence electrons. The molecular weight excluding hydrogens is 526 g/mol. The monoisotopic (exact) mass is 567 g/mol. The molecule has 2 aliphatic rings. The predicted octanol–water partition coefficient (Wildman–Crippen LogP) is 3.86. The molecule has 42 heavy (non-hydrogen) atoms. The Morgan fingerprint density at radius 1 is 0.857 bits per heavy atom. The van der Waals surface area contributed by atoms with Gasteiger partial charge in [0.2, 0.25) is 11.8 Å². The number of ketones is 1. The van der Waals surface area contributed by atoms with Gasteiger partial charge in [-0.2, -0.15) is 0 Å².